The molecule has 1 atom stereocenters. The molecule has 0 spiro atoms. The van der Waals surface area contributed by atoms with Crippen LogP contribution in [0.3, 0.4) is 0 Å². The third-order valence-electron chi connectivity index (χ3n) is 4.08. The van der Waals surface area contributed by atoms with Crippen LogP contribution in [0.2, 0.25) is 0 Å². The van der Waals surface area contributed by atoms with Gasteiger partial charge in [-0.25, -0.2) is 0 Å². The lowest BCUT2D eigenvalue weighted by atomic mass is 10.1. The fraction of sp³-hybridized carbons (Fsp3) is 0.278. The molecule has 2 aromatic rings. The summed E-state index contributed by atoms with van der Waals surface area (Å²) in [7, 11) is 2.10. The maximum atomic E-state index is 12.1. The number of hydrogen-bond acceptors (Lipinski definition) is 2. The average molecular weight is 265 g/mol. The highest BCUT2D eigenvalue weighted by Gasteiger charge is 2.31. The van der Waals surface area contributed by atoms with Crippen molar-refractivity contribution in [1.82, 2.24) is 4.90 Å². The van der Waals surface area contributed by atoms with Crippen molar-refractivity contribution in [2.45, 2.75) is 25.9 Å². The lowest BCUT2D eigenvalue weighted by molar-refractivity contribution is 0.0961. The van der Waals surface area contributed by atoms with Crippen molar-refractivity contribution in [3.8, 4) is 0 Å². The number of Topliss-reactive ketones (excluding diaryl/α,β-unsaturated/α-hetero) is 1. The molecular formula is C18H19NO. The predicted octanol–water partition coefficient (Wildman–Crippen LogP) is 3.75. The first-order valence-corrected chi connectivity index (χ1v) is 7.03. The van der Waals surface area contributed by atoms with E-state index in [1.165, 1.54) is 16.7 Å². The number of benzene rings is 2. The standard InChI is InChI=1S/C18H19NO/c1-13-7-9-14(10-8-13)12-19(2)17-11-18(20)16-6-4-3-5-15(16)17/h3-10,17H,11-12H2,1-2H3. The molecule has 2 heteroatoms. The Morgan fingerprint density at radius 2 is 1.80 bits per heavy atom. The molecule has 0 heterocycles. The maximum absolute atomic E-state index is 12.1. The van der Waals surface area contributed by atoms with E-state index in [2.05, 4.69) is 49.2 Å². The topological polar surface area (TPSA) is 20.3 Å². The maximum Gasteiger partial charge on any atom is 0.165 e. The largest absolute Gasteiger partial charge is 0.295 e. The van der Waals surface area contributed by atoms with Crippen molar-refractivity contribution in [2.24, 2.45) is 0 Å². The molecule has 0 saturated heterocycles. The van der Waals surface area contributed by atoms with Gasteiger partial charge in [0.05, 0.1) is 0 Å². The van der Waals surface area contributed by atoms with E-state index in [9.17, 15) is 4.79 Å². The zero-order valence-electron chi connectivity index (χ0n) is 12.0. The lowest BCUT2D eigenvalue weighted by Gasteiger charge is -2.24. The van der Waals surface area contributed by atoms with Crippen LogP contribution in [0.15, 0.2) is 48.5 Å². The molecule has 2 aromatic carbocycles. The molecule has 0 saturated carbocycles. The number of carbonyl (C=O) groups is 1. The fourth-order valence-corrected chi connectivity index (χ4v) is 2.92. The third kappa shape index (κ3) is 2.39. The van der Waals surface area contributed by atoms with Crippen molar-refractivity contribution < 1.29 is 4.79 Å². The molecule has 1 unspecified atom stereocenters. The van der Waals surface area contributed by atoms with Gasteiger partial charge in [0, 0.05) is 24.6 Å². The van der Waals surface area contributed by atoms with Crippen LogP contribution < -0.4 is 0 Å². The van der Waals surface area contributed by atoms with Gasteiger partial charge < -0.3 is 0 Å². The molecule has 0 bridgehead atoms. The van der Waals surface area contributed by atoms with Crippen LogP contribution in [0.1, 0.15) is 39.5 Å². The number of fused-ring (bicyclic) bond motifs is 1. The van der Waals surface area contributed by atoms with Crippen molar-refractivity contribution >= 4 is 5.78 Å². The van der Waals surface area contributed by atoms with Crippen molar-refractivity contribution in [3.05, 3.63) is 70.8 Å². The molecular weight excluding hydrogens is 246 g/mol. The minimum atomic E-state index is 0.208. The van der Waals surface area contributed by atoms with Crippen LogP contribution in [0.5, 0.6) is 0 Å². The summed E-state index contributed by atoms with van der Waals surface area (Å²) in [5, 5.41) is 0. The van der Waals surface area contributed by atoms with Crippen LogP contribution in [0.25, 0.3) is 0 Å². The van der Waals surface area contributed by atoms with Gasteiger partial charge in [0.2, 0.25) is 0 Å². The number of nitrogens with zero attached hydrogens (tertiary/aromatic N) is 1. The summed E-state index contributed by atoms with van der Waals surface area (Å²) in [6, 6.07) is 16.8. The van der Waals surface area contributed by atoms with Crippen LogP contribution in [0, 0.1) is 6.92 Å². The van der Waals surface area contributed by atoms with Gasteiger partial charge in [-0.3, -0.25) is 9.69 Å². The van der Waals surface area contributed by atoms with Gasteiger partial charge in [0.15, 0.2) is 5.78 Å². The van der Waals surface area contributed by atoms with E-state index >= 15 is 0 Å². The van der Waals surface area contributed by atoms with Crippen molar-refractivity contribution in [2.75, 3.05) is 7.05 Å². The number of aryl methyl sites for hydroxylation is 1. The molecule has 0 radical (unpaired) electrons. The van der Waals surface area contributed by atoms with Gasteiger partial charge in [0.1, 0.15) is 0 Å². The number of rotatable bonds is 3. The molecule has 20 heavy (non-hydrogen) atoms. The van der Waals surface area contributed by atoms with Crippen molar-refractivity contribution in [1.29, 1.82) is 0 Å². The smallest absolute Gasteiger partial charge is 0.165 e. The summed E-state index contributed by atoms with van der Waals surface area (Å²) in [4.78, 5) is 14.3. The van der Waals surface area contributed by atoms with Crippen LogP contribution >= 0.6 is 0 Å². The van der Waals surface area contributed by atoms with Gasteiger partial charge >= 0.3 is 0 Å². The third-order valence-corrected chi connectivity index (χ3v) is 4.08. The highest BCUT2D eigenvalue weighted by molar-refractivity contribution is 6.01. The molecule has 0 N–H and O–H groups in total. The average Bonchev–Trinajstić information content (AvgIpc) is 2.79. The first-order valence-electron chi connectivity index (χ1n) is 7.03. The number of ketones is 1. The molecule has 102 valence electrons. The van der Waals surface area contributed by atoms with Gasteiger partial charge in [-0.15, -0.1) is 0 Å². The number of hydrogen-bond donors (Lipinski definition) is 0. The van der Waals surface area contributed by atoms with Gasteiger partial charge in [-0.05, 0) is 25.1 Å². The van der Waals surface area contributed by atoms with E-state index in [0.717, 1.165) is 12.1 Å². The first-order chi connectivity index (χ1) is 9.65. The number of carbonyl (C=O) groups excluding carboxylic acids is 1. The fourth-order valence-electron chi connectivity index (χ4n) is 2.92. The van der Waals surface area contributed by atoms with Crippen LogP contribution in [0.4, 0.5) is 0 Å². The zero-order valence-corrected chi connectivity index (χ0v) is 12.0. The second-order valence-electron chi connectivity index (χ2n) is 5.63. The molecule has 0 aromatic heterocycles. The second-order valence-corrected chi connectivity index (χ2v) is 5.63. The minimum Gasteiger partial charge on any atom is -0.295 e. The van der Waals surface area contributed by atoms with E-state index in [0.29, 0.717) is 6.42 Å². The van der Waals surface area contributed by atoms with Crippen LogP contribution in [-0.4, -0.2) is 17.7 Å². The van der Waals surface area contributed by atoms with E-state index in [1.807, 2.05) is 18.2 Å². The summed E-state index contributed by atoms with van der Waals surface area (Å²) >= 11 is 0. The van der Waals surface area contributed by atoms with Gasteiger partial charge in [0.25, 0.3) is 0 Å². The van der Waals surface area contributed by atoms with E-state index in [-0.39, 0.29) is 11.8 Å². The summed E-state index contributed by atoms with van der Waals surface area (Å²) in [6.45, 7) is 2.96. The summed E-state index contributed by atoms with van der Waals surface area (Å²) in [5.74, 6) is 0.265. The quantitative estimate of drug-likeness (QED) is 0.842. The molecule has 0 fully saturated rings. The molecule has 1 aliphatic carbocycles. The van der Waals surface area contributed by atoms with E-state index < -0.39 is 0 Å². The Morgan fingerprint density at radius 3 is 2.55 bits per heavy atom. The molecule has 0 amide bonds. The molecule has 0 aliphatic heterocycles. The normalized spacial score (nSPS) is 17.6. The highest BCUT2D eigenvalue weighted by atomic mass is 16.1. The monoisotopic (exact) mass is 265 g/mol. The van der Waals surface area contributed by atoms with E-state index in [4.69, 9.17) is 0 Å². The Bertz CT molecular complexity index is 630. The van der Waals surface area contributed by atoms with Gasteiger partial charge in [-0.2, -0.15) is 0 Å². The SMILES string of the molecule is Cc1ccc(CN(C)C2CC(=O)c3ccccc32)cc1. The summed E-state index contributed by atoms with van der Waals surface area (Å²) in [5.41, 5.74) is 4.63. The lowest BCUT2D eigenvalue weighted by Crippen LogP contribution is -2.22. The van der Waals surface area contributed by atoms with Crippen LogP contribution in [-0.2, 0) is 6.54 Å². The minimum absolute atomic E-state index is 0.208. The highest BCUT2D eigenvalue weighted by Crippen LogP contribution is 2.35. The van der Waals surface area contributed by atoms with Crippen molar-refractivity contribution in [3.63, 3.8) is 0 Å². The molecule has 1 aliphatic rings. The Morgan fingerprint density at radius 1 is 1.10 bits per heavy atom. The Kier molecular flexibility index (Phi) is 3.41. The summed E-state index contributed by atoms with van der Waals surface area (Å²) in [6.07, 6.45) is 0.599. The Hall–Kier alpha value is -1.93. The van der Waals surface area contributed by atoms with E-state index in [1.54, 1.807) is 0 Å². The summed E-state index contributed by atoms with van der Waals surface area (Å²) < 4.78 is 0. The predicted molar refractivity (Wildman–Crippen MR) is 80.8 cm³/mol. The second kappa shape index (κ2) is 5.22. The zero-order chi connectivity index (χ0) is 14.1. The first kappa shape index (κ1) is 13.1. The molecule has 3 rings (SSSR count). The Balaban J connectivity index is 1.80. The van der Waals surface area contributed by atoms with Gasteiger partial charge in [-0.1, -0.05) is 54.1 Å². The molecule has 2 nitrogen and oxygen atoms in total. The Labute approximate surface area is 120 Å².